The molecular weight excluding hydrogens is 246 g/mol. The normalized spacial score (nSPS) is 18.1. The Morgan fingerprint density at radius 3 is 2.50 bits per heavy atom. The van der Waals surface area contributed by atoms with E-state index in [0.29, 0.717) is 11.5 Å². The van der Waals surface area contributed by atoms with Crippen molar-refractivity contribution in [2.75, 3.05) is 6.54 Å². The molecule has 0 spiro atoms. The lowest BCUT2D eigenvalue weighted by Gasteiger charge is -2.43. The van der Waals surface area contributed by atoms with Gasteiger partial charge in [-0.15, -0.1) is 0 Å². The van der Waals surface area contributed by atoms with Gasteiger partial charge in [-0.25, -0.2) is 0 Å². The molecule has 0 saturated heterocycles. The quantitative estimate of drug-likeness (QED) is 0.890. The first kappa shape index (κ1) is 13.9. The SMILES string of the molecule is Cc1nn(C)c(Cl)c1CC1(CNC(C)C)CCC1. The van der Waals surface area contributed by atoms with E-state index < -0.39 is 0 Å². The molecule has 0 amide bonds. The number of hydrogen-bond acceptors (Lipinski definition) is 2. The van der Waals surface area contributed by atoms with Crippen molar-refractivity contribution in [2.45, 2.75) is 52.5 Å². The number of nitrogens with one attached hydrogen (secondary N) is 1. The number of rotatable bonds is 5. The number of hydrogen-bond donors (Lipinski definition) is 1. The molecule has 1 N–H and O–H groups in total. The monoisotopic (exact) mass is 269 g/mol. The van der Waals surface area contributed by atoms with Gasteiger partial charge in [0.2, 0.25) is 0 Å². The molecule has 0 bridgehead atoms. The summed E-state index contributed by atoms with van der Waals surface area (Å²) in [4.78, 5) is 0. The Balaban J connectivity index is 2.10. The Bertz CT molecular complexity index is 419. The first-order chi connectivity index (χ1) is 8.43. The Labute approximate surface area is 115 Å². The van der Waals surface area contributed by atoms with Gasteiger partial charge in [0.25, 0.3) is 0 Å². The second-order valence-corrected chi connectivity index (χ2v) is 6.40. The molecule has 1 aliphatic rings. The maximum Gasteiger partial charge on any atom is 0.130 e. The van der Waals surface area contributed by atoms with Gasteiger partial charge in [-0.2, -0.15) is 5.10 Å². The largest absolute Gasteiger partial charge is 0.314 e. The van der Waals surface area contributed by atoms with Gasteiger partial charge in [0.15, 0.2) is 0 Å². The highest BCUT2D eigenvalue weighted by atomic mass is 35.5. The molecule has 1 aromatic heterocycles. The molecule has 18 heavy (non-hydrogen) atoms. The lowest BCUT2D eigenvalue weighted by atomic mass is 9.65. The summed E-state index contributed by atoms with van der Waals surface area (Å²) >= 11 is 6.34. The second kappa shape index (κ2) is 5.22. The second-order valence-electron chi connectivity index (χ2n) is 6.04. The minimum Gasteiger partial charge on any atom is -0.314 e. The zero-order valence-corrected chi connectivity index (χ0v) is 12.6. The van der Waals surface area contributed by atoms with Crippen LogP contribution in [-0.2, 0) is 13.5 Å². The minimum atomic E-state index is 0.404. The van der Waals surface area contributed by atoms with Gasteiger partial charge in [-0.3, -0.25) is 4.68 Å². The lowest BCUT2D eigenvalue weighted by molar-refractivity contribution is 0.126. The average Bonchev–Trinajstić information content (AvgIpc) is 2.47. The third kappa shape index (κ3) is 2.72. The van der Waals surface area contributed by atoms with Crippen LogP contribution in [0.2, 0.25) is 5.15 Å². The number of aryl methyl sites for hydroxylation is 2. The number of aromatic nitrogens is 2. The molecule has 3 nitrogen and oxygen atoms in total. The van der Waals surface area contributed by atoms with Crippen LogP contribution in [0, 0.1) is 12.3 Å². The summed E-state index contributed by atoms with van der Waals surface area (Å²) in [6.07, 6.45) is 5.01. The van der Waals surface area contributed by atoms with E-state index in [4.69, 9.17) is 11.6 Å². The van der Waals surface area contributed by atoms with Crippen molar-refractivity contribution in [1.29, 1.82) is 0 Å². The maximum absolute atomic E-state index is 6.34. The Morgan fingerprint density at radius 2 is 2.11 bits per heavy atom. The zero-order chi connectivity index (χ0) is 13.3. The Hall–Kier alpha value is -0.540. The van der Waals surface area contributed by atoms with E-state index in [1.165, 1.54) is 24.8 Å². The van der Waals surface area contributed by atoms with Crippen LogP contribution >= 0.6 is 11.6 Å². The molecule has 1 saturated carbocycles. The van der Waals surface area contributed by atoms with Crippen LogP contribution < -0.4 is 5.32 Å². The Morgan fingerprint density at radius 1 is 1.44 bits per heavy atom. The first-order valence-corrected chi connectivity index (χ1v) is 7.23. The van der Waals surface area contributed by atoms with Gasteiger partial charge in [-0.05, 0) is 31.6 Å². The minimum absolute atomic E-state index is 0.404. The van der Waals surface area contributed by atoms with E-state index in [1.807, 2.05) is 7.05 Å². The third-order valence-corrected chi connectivity index (χ3v) is 4.59. The van der Waals surface area contributed by atoms with Crippen molar-refractivity contribution >= 4 is 11.6 Å². The van der Waals surface area contributed by atoms with E-state index in [1.54, 1.807) is 4.68 Å². The van der Waals surface area contributed by atoms with E-state index in [9.17, 15) is 0 Å². The van der Waals surface area contributed by atoms with Crippen LogP contribution in [-0.4, -0.2) is 22.4 Å². The van der Waals surface area contributed by atoms with Crippen LogP contribution in [0.25, 0.3) is 0 Å². The molecule has 0 aliphatic heterocycles. The summed E-state index contributed by atoms with van der Waals surface area (Å²) in [7, 11) is 1.92. The van der Waals surface area contributed by atoms with Crippen molar-refractivity contribution in [3.05, 3.63) is 16.4 Å². The summed E-state index contributed by atoms with van der Waals surface area (Å²) in [5.41, 5.74) is 2.73. The lowest BCUT2D eigenvalue weighted by Crippen LogP contribution is -2.43. The van der Waals surface area contributed by atoms with Gasteiger partial charge in [0, 0.05) is 25.2 Å². The van der Waals surface area contributed by atoms with Crippen LogP contribution in [0.15, 0.2) is 0 Å². The molecule has 102 valence electrons. The van der Waals surface area contributed by atoms with Gasteiger partial charge in [0.05, 0.1) is 5.69 Å². The van der Waals surface area contributed by atoms with Crippen LogP contribution in [0.4, 0.5) is 0 Å². The van der Waals surface area contributed by atoms with E-state index >= 15 is 0 Å². The summed E-state index contributed by atoms with van der Waals surface area (Å²) in [6, 6.07) is 0.549. The molecule has 0 radical (unpaired) electrons. The Kier molecular flexibility index (Phi) is 4.02. The first-order valence-electron chi connectivity index (χ1n) is 6.85. The summed E-state index contributed by atoms with van der Waals surface area (Å²) in [5, 5.41) is 8.81. The van der Waals surface area contributed by atoms with Crippen LogP contribution in [0.5, 0.6) is 0 Å². The molecule has 0 atom stereocenters. The average molecular weight is 270 g/mol. The smallest absolute Gasteiger partial charge is 0.130 e. The number of halogens is 1. The number of nitrogens with zero attached hydrogens (tertiary/aromatic N) is 2. The van der Waals surface area contributed by atoms with Gasteiger partial charge in [-0.1, -0.05) is 31.9 Å². The van der Waals surface area contributed by atoms with E-state index in [0.717, 1.165) is 23.8 Å². The molecule has 1 fully saturated rings. The van der Waals surface area contributed by atoms with E-state index in [2.05, 4.69) is 31.2 Å². The molecule has 4 heteroatoms. The van der Waals surface area contributed by atoms with Crippen LogP contribution in [0.3, 0.4) is 0 Å². The zero-order valence-electron chi connectivity index (χ0n) is 11.9. The van der Waals surface area contributed by atoms with Crippen molar-refractivity contribution in [3.63, 3.8) is 0 Å². The molecule has 1 aliphatic carbocycles. The predicted molar refractivity (Wildman–Crippen MR) is 76.1 cm³/mol. The highest BCUT2D eigenvalue weighted by Crippen LogP contribution is 2.44. The van der Waals surface area contributed by atoms with Gasteiger partial charge in [0.1, 0.15) is 5.15 Å². The van der Waals surface area contributed by atoms with Crippen molar-refractivity contribution in [3.8, 4) is 0 Å². The topological polar surface area (TPSA) is 29.9 Å². The predicted octanol–water partition coefficient (Wildman–Crippen LogP) is 3.09. The summed E-state index contributed by atoms with van der Waals surface area (Å²) < 4.78 is 1.79. The van der Waals surface area contributed by atoms with Crippen molar-refractivity contribution < 1.29 is 0 Å². The van der Waals surface area contributed by atoms with Gasteiger partial charge >= 0.3 is 0 Å². The van der Waals surface area contributed by atoms with E-state index in [-0.39, 0.29) is 0 Å². The fourth-order valence-electron chi connectivity index (χ4n) is 2.76. The highest BCUT2D eigenvalue weighted by Gasteiger charge is 2.38. The third-order valence-electron chi connectivity index (χ3n) is 4.12. The maximum atomic E-state index is 6.34. The summed E-state index contributed by atoms with van der Waals surface area (Å²) in [6.45, 7) is 7.56. The molecule has 0 unspecified atom stereocenters. The molecular formula is C14H24ClN3. The molecule has 0 aromatic carbocycles. The fourth-order valence-corrected chi connectivity index (χ4v) is 3.00. The highest BCUT2D eigenvalue weighted by molar-refractivity contribution is 6.30. The van der Waals surface area contributed by atoms with Gasteiger partial charge < -0.3 is 5.32 Å². The standard InChI is InChI=1S/C14H24ClN3/c1-10(2)16-9-14(6-5-7-14)8-12-11(3)17-18(4)13(12)15/h10,16H,5-9H2,1-4H3. The molecule has 2 rings (SSSR count). The molecule has 1 heterocycles. The fraction of sp³-hybridized carbons (Fsp3) is 0.786. The van der Waals surface area contributed by atoms with Crippen LogP contribution in [0.1, 0.15) is 44.4 Å². The van der Waals surface area contributed by atoms with Crippen molar-refractivity contribution in [1.82, 2.24) is 15.1 Å². The van der Waals surface area contributed by atoms with Crippen molar-refractivity contribution in [2.24, 2.45) is 12.5 Å². The molecule has 1 aromatic rings. The summed E-state index contributed by atoms with van der Waals surface area (Å²) in [5.74, 6) is 0.